The van der Waals surface area contributed by atoms with Crippen molar-refractivity contribution >= 4 is 29.8 Å². The third kappa shape index (κ3) is 14.0. The lowest BCUT2D eigenvalue weighted by molar-refractivity contribution is -0.134. The van der Waals surface area contributed by atoms with Crippen molar-refractivity contribution < 1.29 is 47.7 Å². The lowest BCUT2D eigenvalue weighted by Crippen LogP contribution is -2.19. The molecule has 0 aliphatic carbocycles. The molecule has 0 amide bonds. The first-order valence-corrected chi connectivity index (χ1v) is 34.4. The Hall–Kier alpha value is -11.2. The lowest BCUT2D eigenvalue weighted by Gasteiger charge is -2.26. The van der Waals surface area contributed by atoms with Crippen LogP contribution in [0.5, 0.6) is 28.7 Å². The van der Waals surface area contributed by atoms with Crippen molar-refractivity contribution in [3.05, 3.63) is 358 Å². The Labute approximate surface area is 592 Å². The Kier molecular flexibility index (Phi) is 19.9. The molecule has 101 heavy (non-hydrogen) atoms. The molecule has 0 radical (unpaired) electrons. The first-order chi connectivity index (χ1) is 48.4. The van der Waals surface area contributed by atoms with E-state index in [0.29, 0.717) is 0 Å². The van der Waals surface area contributed by atoms with Gasteiger partial charge in [-0.05, 0) is 178 Å². The summed E-state index contributed by atoms with van der Waals surface area (Å²) >= 11 is 0. The van der Waals surface area contributed by atoms with Crippen LogP contribution in [0.3, 0.4) is 0 Å². The van der Waals surface area contributed by atoms with Gasteiger partial charge in [0.2, 0.25) is 0 Å². The zero-order valence-electron chi connectivity index (χ0n) is 59.8. The van der Waals surface area contributed by atoms with Gasteiger partial charge in [0.25, 0.3) is 0 Å². The van der Waals surface area contributed by atoms with E-state index in [1.165, 1.54) is 38.9 Å². The third-order valence-corrected chi connectivity index (χ3v) is 20.3. The van der Waals surface area contributed by atoms with Crippen LogP contribution in [0.4, 0.5) is 0 Å². The summed E-state index contributed by atoms with van der Waals surface area (Å²) in [6.45, 7) is 28.7. The Morgan fingerprint density at radius 3 is 1.08 bits per heavy atom. The summed E-state index contributed by atoms with van der Waals surface area (Å²) in [7, 11) is 0. The van der Waals surface area contributed by atoms with Gasteiger partial charge in [0.1, 0.15) is 58.3 Å². The molecule has 0 saturated carbocycles. The number of para-hydroxylation sites is 4. The minimum absolute atomic E-state index is 0.0928. The number of carbonyl (C=O) groups is 5. The number of ether oxygens (including phenoxy) is 5. The predicted molar refractivity (Wildman–Crippen MR) is 397 cm³/mol. The van der Waals surface area contributed by atoms with Gasteiger partial charge in [-0.2, -0.15) is 0 Å². The number of benzene rings is 11. The van der Waals surface area contributed by atoms with Crippen molar-refractivity contribution in [3.63, 3.8) is 0 Å². The second kappa shape index (κ2) is 28.9. The van der Waals surface area contributed by atoms with Gasteiger partial charge in [0, 0.05) is 33.2 Å². The van der Waals surface area contributed by atoms with Crippen molar-refractivity contribution in [2.75, 3.05) is 0 Å². The molecule has 0 bridgehead atoms. The molecule has 10 nitrogen and oxygen atoms in total. The van der Waals surface area contributed by atoms with E-state index in [-0.39, 0.29) is 64.9 Å². The molecular formula is C91H84O10. The molecule has 0 saturated heterocycles. The molecule has 0 fully saturated rings. The molecule has 16 rings (SSSR count). The van der Waals surface area contributed by atoms with Crippen LogP contribution in [-0.2, 0) is 29.4 Å². The highest BCUT2D eigenvalue weighted by Crippen LogP contribution is 2.47. The van der Waals surface area contributed by atoms with Crippen molar-refractivity contribution in [3.8, 4) is 28.7 Å². The zero-order valence-corrected chi connectivity index (χ0v) is 59.8. The Morgan fingerprint density at radius 1 is 0.238 bits per heavy atom. The van der Waals surface area contributed by atoms with Gasteiger partial charge < -0.3 is 23.7 Å². The summed E-state index contributed by atoms with van der Waals surface area (Å²) < 4.78 is 27.3. The molecule has 5 aliphatic heterocycles. The molecule has 11 aromatic rings. The first-order valence-electron chi connectivity index (χ1n) is 34.4. The minimum atomic E-state index is -0.334. The summed E-state index contributed by atoms with van der Waals surface area (Å²) in [5.74, 6) is 1.32. The molecule has 5 heterocycles. The number of rotatable bonds is 7. The second-order valence-electron chi connectivity index (χ2n) is 27.8. The van der Waals surface area contributed by atoms with Crippen LogP contribution in [0, 0.1) is 83.1 Å². The SMILES string of the molecule is Cc1cc(C)c2c(c1)C(c1ccccc1)C(=O)O2.Cc1ccc(C2C(=O)Oc3c(C)cccc32)c(C)c1.Cc1ccc(C2C(=O)Oc3c(C)cccc32)cc1C.Cc1cccc(C2C(=O)Oc3c(C)cccc32)c1C.Cc1cccc2c1OC(=O)C2c1ccc(C(C)(C)c2ccccc2)cc1. The summed E-state index contributed by atoms with van der Waals surface area (Å²) in [6.07, 6.45) is 0. The van der Waals surface area contributed by atoms with E-state index >= 15 is 0 Å². The van der Waals surface area contributed by atoms with Crippen molar-refractivity contribution in [1.82, 2.24) is 0 Å². The van der Waals surface area contributed by atoms with E-state index in [1.807, 2.05) is 200 Å². The van der Waals surface area contributed by atoms with Gasteiger partial charge in [-0.3, -0.25) is 24.0 Å². The molecule has 5 aliphatic rings. The maximum Gasteiger partial charge on any atom is 0.323 e. The summed E-state index contributed by atoms with van der Waals surface area (Å²) in [4.78, 5) is 61.1. The van der Waals surface area contributed by atoms with Crippen molar-refractivity contribution in [1.29, 1.82) is 0 Å². The average Bonchev–Trinajstić information content (AvgIpc) is 1.65. The molecular weight excluding hydrogens is 1250 g/mol. The van der Waals surface area contributed by atoms with Crippen LogP contribution in [-0.4, -0.2) is 29.8 Å². The van der Waals surface area contributed by atoms with E-state index in [2.05, 4.69) is 121 Å². The number of esters is 5. The molecule has 5 unspecified atom stereocenters. The van der Waals surface area contributed by atoms with Crippen LogP contribution < -0.4 is 23.7 Å². The Morgan fingerprint density at radius 2 is 0.604 bits per heavy atom. The van der Waals surface area contributed by atoms with Gasteiger partial charge in [-0.1, -0.05) is 249 Å². The van der Waals surface area contributed by atoms with E-state index in [4.69, 9.17) is 23.7 Å². The van der Waals surface area contributed by atoms with Gasteiger partial charge in [-0.25, -0.2) is 0 Å². The number of hydrogen-bond donors (Lipinski definition) is 0. The maximum absolute atomic E-state index is 12.5. The monoisotopic (exact) mass is 1340 g/mol. The van der Waals surface area contributed by atoms with E-state index in [1.54, 1.807) is 0 Å². The van der Waals surface area contributed by atoms with E-state index in [0.717, 1.165) is 123 Å². The van der Waals surface area contributed by atoms with Crippen LogP contribution in [0.25, 0.3) is 0 Å². The largest absolute Gasteiger partial charge is 0.425 e. The first kappa shape index (κ1) is 69.7. The van der Waals surface area contributed by atoms with Gasteiger partial charge >= 0.3 is 29.8 Å². The summed E-state index contributed by atoms with van der Waals surface area (Å²) in [6, 6.07) is 74.9. The van der Waals surface area contributed by atoms with Crippen LogP contribution >= 0.6 is 0 Å². The third-order valence-electron chi connectivity index (χ3n) is 20.3. The minimum Gasteiger partial charge on any atom is -0.425 e. The number of carbonyl (C=O) groups excluding carboxylic acids is 5. The number of aryl methyl sites for hydroxylation is 11. The zero-order chi connectivity index (χ0) is 71.7. The smallest absolute Gasteiger partial charge is 0.323 e. The van der Waals surface area contributed by atoms with E-state index in [9.17, 15) is 24.0 Å². The normalized spacial score (nSPS) is 17.0. The molecule has 5 atom stereocenters. The molecule has 0 spiro atoms. The van der Waals surface area contributed by atoms with Gasteiger partial charge in [0.05, 0.1) is 0 Å². The lowest BCUT2D eigenvalue weighted by atomic mass is 9.77. The molecule has 11 aromatic carbocycles. The Bertz CT molecular complexity index is 5040. The fourth-order valence-corrected chi connectivity index (χ4v) is 14.4. The number of hydrogen-bond acceptors (Lipinski definition) is 10. The quantitative estimate of drug-likeness (QED) is 0.112. The molecule has 0 N–H and O–H groups in total. The van der Waals surface area contributed by atoms with Gasteiger partial charge in [-0.15, -0.1) is 0 Å². The Balaban J connectivity index is 0.000000120. The van der Waals surface area contributed by atoms with Gasteiger partial charge in [0.15, 0.2) is 0 Å². The highest BCUT2D eigenvalue weighted by Gasteiger charge is 2.40. The summed E-state index contributed by atoms with van der Waals surface area (Å²) in [5.41, 5.74) is 25.7. The van der Waals surface area contributed by atoms with Crippen LogP contribution in [0.1, 0.15) is 177 Å². The van der Waals surface area contributed by atoms with Crippen LogP contribution in [0.2, 0.25) is 0 Å². The predicted octanol–water partition coefficient (Wildman–Crippen LogP) is 19.7. The average molecular weight is 1340 g/mol. The molecule has 10 heteroatoms. The van der Waals surface area contributed by atoms with Crippen molar-refractivity contribution in [2.45, 2.75) is 132 Å². The fraction of sp³-hybridized carbons (Fsp3) is 0.220. The van der Waals surface area contributed by atoms with Crippen molar-refractivity contribution in [2.24, 2.45) is 0 Å². The standard InChI is InChI=1S/C24H22O2.3C17H16O2.C16H14O2/c1-16-8-7-11-20-21(23(25)26-22(16)20)17-12-14-19(15-13-17)24(2,3)18-9-5-4-6-10-18;1-10-6-4-8-13(12(10)3)15-14-9-5-7-11(2)16(14)19-17(15)18;1-10-7-8-13(9-12(10)3)15-14-6-4-5-11(2)16(14)19-17(15)18;1-10-7-8-13(12(3)9-10)15-14-6-4-5-11(2)16(14)19-17(15)18;1-10-8-11(2)15-13(9-10)14(16(17)18-15)12-6-4-3-5-7-12/h4-15,21H,1-3H3;3*4-9,15H,1-3H3;3-9,14H,1-2H3. The highest BCUT2D eigenvalue weighted by atomic mass is 16.6. The fourth-order valence-electron chi connectivity index (χ4n) is 14.4. The van der Waals surface area contributed by atoms with Crippen LogP contribution in [0.15, 0.2) is 224 Å². The summed E-state index contributed by atoms with van der Waals surface area (Å²) in [5, 5.41) is 0. The maximum atomic E-state index is 12.5. The molecule has 508 valence electrons. The molecule has 0 aromatic heterocycles. The second-order valence-corrected chi connectivity index (χ2v) is 27.8. The van der Waals surface area contributed by atoms with E-state index < -0.39 is 0 Å². The number of fused-ring (bicyclic) bond motifs is 5. The topological polar surface area (TPSA) is 132 Å². The highest BCUT2D eigenvalue weighted by molar-refractivity contribution is 5.93.